The van der Waals surface area contributed by atoms with Gasteiger partial charge in [-0.3, -0.25) is 4.79 Å². The predicted octanol–water partition coefficient (Wildman–Crippen LogP) is 1.39. The maximum atomic E-state index is 13.8. The van der Waals surface area contributed by atoms with Crippen LogP contribution in [0.1, 0.15) is 6.42 Å². The van der Waals surface area contributed by atoms with Crippen molar-refractivity contribution < 1.29 is 9.18 Å². The molecule has 14 heavy (non-hydrogen) atoms. The molecule has 1 unspecified atom stereocenters. The number of carbonyl (C=O) groups is 1. The Morgan fingerprint density at radius 3 is 3.14 bits per heavy atom. The minimum atomic E-state index is -1.73. The van der Waals surface area contributed by atoms with Gasteiger partial charge in [0.2, 0.25) is 5.67 Å². The fraction of sp³-hybridized carbons (Fsp3) is 0.444. The second-order valence-electron chi connectivity index (χ2n) is 3.36. The third kappa shape index (κ3) is 1.78. The molecule has 1 atom stereocenters. The highest BCUT2D eigenvalue weighted by Gasteiger charge is 2.41. The molecule has 0 saturated carbocycles. The summed E-state index contributed by atoms with van der Waals surface area (Å²) in [5.74, 6) is -0.541. The summed E-state index contributed by atoms with van der Waals surface area (Å²) in [6.07, 6.45) is 0.253. The molecule has 1 aromatic rings. The van der Waals surface area contributed by atoms with Crippen molar-refractivity contribution >= 4 is 22.9 Å². The van der Waals surface area contributed by atoms with E-state index < -0.39 is 11.6 Å². The summed E-state index contributed by atoms with van der Waals surface area (Å²) < 4.78 is 13.8. The third-order valence-electron chi connectivity index (χ3n) is 2.29. The fourth-order valence-electron chi connectivity index (χ4n) is 1.43. The highest BCUT2D eigenvalue weighted by Crippen LogP contribution is 2.22. The molecular formula is C9H11FN2OS. The number of halogens is 1. The SMILES string of the molecule is O=C(Nc1ccsc1)C1(F)CCNC1. The van der Waals surface area contributed by atoms with Crippen LogP contribution in [-0.4, -0.2) is 24.7 Å². The van der Waals surface area contributed by atoms with Gasteiger partial charge in [-0.1, -0.05) is 0 Å². The molecule has 0 spiro atoms. The number of anilines is 1. The molecule has 76 valence electrons. The lowest BCUT2D eigenvalue weighted by molar-refractivity contribution is -0.126. The van der Waals surface area contributed by atoms with Crippen LogP contribution < -0.4 is 10.6 Å². The zero-order valence-corrected chi connectivity index (χ0v) is 8.36. The number of thiophene rings is 1. The van der Waals surface area contributed by atoms with Gasteiger partial charge in [0.05, 0.1) is 5.69 Å². The van der Waals surface area contributed by atoms with Crippen molar-refractivity contribution in [3.05, 3.63) is 16.8 Å². The zero-order valence-electron chi connectivity index (χ0n) is 7.55. The van der Waals surface area contributed by atoms with E-state index in [9.17, 15) is 9.18 Å². The predicted molar refractivity (Wildman–Crippen MR) is 54.3 cm³/mol. The normalized spacial score (nSPS) is 26.4. The first-order valence-corrected chi connectivity index (χ1v) is 5.38. The Balaban J connectivity index is 2.02. The van der Waals surface area contributed by atoms with Gasteiger partial charge in [-0.05, 0) is 18.0 Å². The number of hydrogen-bond donors (Lipinski definition) is 2. The highest BCUT2D eigenvalue weighted by molar-refractivity contribution is 7.08. The van der Waals surface area contributed by atoms with Gasteiger partial charge in [0.1, 0.15) is 0 Å². The van der Waals surface area contributed by atoms with E-state index in [-0.39, 0.29) is 13.0 Å². The lowest BCUT2D eigenvalue weighted by Crippen LogP contribution is -2.40. The smallest absolute Gasteiger partial charge is 0.263 e. The van der Waals surface area contributed by atoms with Crippen LogP contribution in [0.3, 0.4) is 0 Å². The lowest BCUT2D eigenvalue weighted by Gasteiger charge is -2.16. The molecule has 2 N–H and O–H groups in total. The van der Waals surface area contributed by atoms with Crippen molar-refractivity contribution in [3.8, 4) is 0 Å². The number of rotatable bonds is 2. The first-order valence-electron chi connectivity index (χ1n) is 4.44. The molecule has 1 amide bonds. The first-order chi connectivity index (χ1) is 6.71. The molecule has 2 heterocycles. The minimum Gasteiger partial charge on any atom is -0.322 e. The summed E-state index contributed by atoms with van der Waals surface area (Å²) in [5, 5.41) is 9.02. The van der Waals surface area contributed by atoms with E-state index in [4.69, 9.17) is 0 Å². The van der Waals surface area contributed by atoms with Crippen molar-refractivity contribution in [2.24, 2.45) is 0 Å². The molecular weight excluding hydrogens is 203 g/mol. The maximum Gasteiger partial charge on any atom is 0.263 e. The second-order valence-corrected chi connectivity index (χ2v) is 4.14. The molecule has 0 bridgehead atoms. The Kier molecular flexibility index (Phi) is 2.52. The summed E-state index contributed by atoms with van der Waals surface area (Å²) in [4.78, 5) is 11.5. The summed E-state index contributed by atoms with van der Waals surface area (Å²) in [6.45, 7) is 0.677. The number of hydrogen-bond acceptors (Lipinski definition) is 3. The monoisotopic (exact) mass is 214 g/mol. The Morgan fingerprint density at radius 1 is 1.71 bits per heavy atom. The summed E-state index contributed by atoms with van der Waals surface area (Å²) in [6, 6.07) is 1.76. The molecule has 1 aliphatic rings. The Bertz CT molecular complexity index is 320. The van der Waals surface area contributed by atoms with E-state index in [0.717, 1.165) is 0 Å². The van der Waals surface area contributed by atoms with Crippen LogP contribution in [0.25, 0.3) is 0 Å². The molecule has 1 aliphatic heterocycles. The Labute approximate surface area is 85.3 Å². The van der Waals surface area contributed by atoms with Crippen LogP contribution >= 0.6 is 11.3 Å². The summed E-state index contributed by atoms with van der Waals surface area (Å²) >= 11 is 1.47. The number of carbonyl (C=O) groups excluding carboxylic acids is 1. The largest absolute Gasteiger partial charge is 0.322 e. The van der Waals surface area contributed by atoms with Gasteiger partial charge in [-0.2, -0.15) is 11.3 Å². The molecule has 1 aromatic heterocycles. The summed E-state index contributed by atoms with van der Waals surface area (Å²) in [5.41, 5.74) is -1.06. The van der Waals surface area contributed by atoms with E-state index in [1.807, 2.05) is 5.38 Å². The molecule has 5 heteroatoms. The zero-order chi connectivity index (χ0) is 10.0. The molecule has 1 fully saturated rings. The average molecular weight is 214 g/mol. The second kappa shape index (κ2) is 3.67. The minimum absolute atomic E-state index is 0.114. The van der Waals surface area contributed by atoms with E-state index in [0.29, 0.717) is 12.2 Å². The van der Waals surface area contributed by atoms with E-state index in [2.05, 4.69) is 10.6 Å². The quantitative estimate of drug-likeness (QED) is 0.781. The van der Waals surface area contributed by atoms with Gasteiger partial charge in [0, 0.05) is 18.3 Å². The number of amides is 1. The molecule has 3 nitrogen and oxygen atoms in total. The average Bonchev–Trinajstić information content (AvgIpc) is 2.76. The molecule has 0 radical (unpaired) electrons. The fourth-order valence-corrected chi connectivity index (χ4v) is 2.02. The van der Waals surface area contributed by atoms with Gasteiger partial charge >= 0.3 is 0 Å². The molecule has 2 rings (SSSR count). The van der Waals surface area contributed by atoms with Crippen LogP contribution in [0.2, 0.25) is 0 Å². The van der Waals surface area contributed by atoms with Crippen LogP contribution in [0, 0.1) is 0 Å². The molecule has 1 saturated heterocycles. The Hall–Kier alpha value is -0.940. The topological polar surface area (TPSA) is 41.1 Å². The first kappa shape index (κ1) is 9.61. The van der Waals surface area contributed by atoms with E-state index in [1.54, 1.807) is 11.4 Å². The van der Waals surface area contributed by atoms with Crippen molar-refractivity contribution in [1.82, 2.24) is 5.32 Å². The van der Waals surface area contributed by atoms with Crippen LogP contribution in [0.4, 0.5) is 10.1 Å². The molecule has 0 aliphatic carbocycles. The Morgan fingerprint density at radius 2 is 2.57 bits per heavy atom. The van der Waals surface area contributed by atoms with Gasteiger partial charge < -0.3 is 10.6 Å². The number of nitrogens with one attached hydrogen (secondary N) is 2. The van der Waals surface area contributed by atoms with Crippen LogP contribution in [0.5, 0.6) is 0 Å². The van der Waals surface area contributed by atoms with Gasteiger partial charge in [0.15, 0.2) is 0 Å². The van der Waals surface area contributed by atoms with Gasteiger partial charge in [-0.25, -0.2) is 4.39 Å². The van der Waals surface area contributed by atoms with Crippen LogP contribution in [0.15, 0.2) is 16.8 Å². The third-order valence-corrected chi connectivity index (χ3v) is 2.97. The van der Waals surface area contributed by atoms with Crippen molar-refractivity contribution in [2.45, 2.75) is 12.1 Å². The van der Waals surface area contributed by atoms with Crippen LogP contribution in [-0.2, 0) is 4.79 Å². The van der Waals surface area contributed by atoms with Gasteiger partial charge in [-0.15, -0.1) is 0 Å². The molecule has 0 aromatic carbocycles. The highest BCUT2D eigenvalue weighted by atomic mass is 32.1. The standard InChI is InChI=1S/C9H11FN2OS/c10-9(2-3-11-6-9)8(13)12-7-1-4-14-5-7/h1,4-5,11H,2-3,6H2,(H,12,13). The van der Waals surface area contributed by atoms with Gasteiger partial charge in [0.25, 0.3) is 5.91 Å². The van der Waals surface area contributed by atoms with E-state index in [1.165, 1.54) is 11.3 Å². The van der Waals surface area contributed by atoms with Crippen molar-refractivity contribution in [2.75, 3.05) is 18.4 Å². The van der Waals surface area contributed by atoms with Crippen molar-refractivity contribution in [3.63, 3.8) is 0 Å². The van der Waals surface area contributed by atoms with E-state index >= 15 is 0 Å². The maximum absolute atomic E-state index is 13.8. The number of alkyl halides is 1. The summed E-state index contributed by atoms with van der Waals surface area (Å²) in [7, 11) is 0. The van der Waals surface area contributed by atoms with Crippen molar-refractivity contribution in [1.29, 1.82) is 0 Å². The lowest BCUT2D eigenvalue weighted by atomic mass is 10.1.